The summed E-state index contributed by atoms with van der Waals surface area (Å²) in [5.41, 5.74) is 3.52. The fraction of sp³-hybridized carbons (Fsp3) is 0.250. The van der Waals surface area contributed by atoms with Crippen LogP contribution in [0.3, 0.4) is 0 Å². The van der Waals surface area contributed by atoms with Crippen LogP contribution < -0.4 is 5.32 Å². The molecule has 2 heteroatoms. The minimum absolute atomic E-state index is 0.183. The summed E-state index contributed by atoms with van der Waals surface area (Å²) < 4.78 is 12.8. The largest absolute Gasteiger partial charge is 0.382 e. The molecule has 0 radical (unpaired) electrons. The molecule has 1 nitrogen and oxygen atoms in total. The Morgan fingerprint density at radius 1 is 1.00 bits per heavy atom. The molecule has 1 N–H and O–H groups in total. The van der Waals surface area contributed by atoms with Crippen LogP contribution in [-0.2, 0) is 6.42 Å². The zero-order valence-corrected chi connectivity index (χ0v) is 10.8. The van der Waals surface area contributed by atoms with Crippen molar-refractivity contribution < 1.29 is 4.39 Å². The van der Waals surface area contributed by atoms with E-state index in [0.29, 0.717) is 6.04 Å². The van der Waals surface area contributed by atoms with E-state index in [0.717, 1.165) is 17.7 Å². The maximum absolute atomic E-state index is 12.8. The molecular formula is C16H18FN. The Bertz CT molecular complexity index is 440. The molecule has 0 saturated carbocycles. The highest BCUT2D eigenvalue weighted by atomic mass is 19.1. The van der Waals surface area contributed by atoms with Crippen molar-refractivity contribution in [2.24, 2.45) is 0 Å². The van der Waals surface area contributed by atoms with Gasteiger partial charge in [-0.15, -0.1) is 0 Å². The number of hydrogen-bond acceptors (Lipinski definition) is 1. The number of aryl methyl sites for hydroxylation is 1. The molecule has 0 heterocycles. The van der Waals surface area contributed by atoms with Crippen LogP contribution in [0, 0.1) is 12.7 Å². The summed E-state index contributed by atoms with van der Waals surface area (Å²) >= 11 is 0. The van der Waals surface area contributed by atoms with Gasteiger partial charge in [0.2, 0.25) is 0 Å². The highest BCUT2D eigenvalue weighted by molar-refractivity contribution is 5.45. The molecule has 0 fully saturated rings. The third kappa shape index (κ3) is 3.59. The number of hydrogen-bond donors (Lipinski definition) is 1. The van der Waals surface area contributed by atoms with Gasteiger partial charge in [-0.2, -0.15) is 0 Å². The van der Waals surface area contributed by atoms with Gasteiger partial charge in [-0.3, -0.25) is 0 Å². The topological polar surface area (TPSA) is 12.0 Å². The van der Waals surface area contributed by atoms with Gasteiger partial charge in [0.15, 0.2) is 0 Å². The summed E-state index contributed by atoms with van der Waals surface area (Å²) in [5.74, 6) is -0.183. The first-order chi connectivity index (χ1) is 8.63. The van der Waals surface area contributed by atoms with Crippen LogP contribution in [0.4, 0.5) is 10.1 Å². The van der Waals surface area contributed by atoms with Crippen LogP contribution in [0.1, 0.15) is 18.1 Å². The maximum atomic E-state index is 12.8. The Labute approximate surface area is 108 Å². The van der Waals surface area contributed by atoms with Gasteiger partial charge in [0.25, 0.3) is 0 Å². The van der Waals surface area contributed by atoms with Gasteiger partial charge in [-0.1, -0.05) is 29.8 Å². The number of nitrogens with one attached hydrogen (secondary N) is 1. The summed E-state index contributed by atoms with van der Waals surface area (Å²) in [6, 6.07) is 15.3. The first-order valence-electron chi connectivity index (χ1n) is 6.21. The number of anilines is 1. The van der Waals surface area contributed by atoms with Crippen molar-refractivity contribution in [1.29, 1.82) is 0 Å². The minimum Gasteiger partial charge on any atom is -0.382 e. The van der Waals surface area contributed by atoms with Crippen molar-refractivity contribution in [1.82, 2.24) is 0 Å². The molecule has 0 saturated heterocycles. The zero-order valence-electron chi connectivity index (χ0n) is 10.8. The van der Waals surface area contributed by atoms with Crippen molar-refractivity contribution in [2.75, 3.05) is 5.32 Å². The molecule has 2 rings (SSSR count). The monoisotopic (exact) mass is 243 g/mol. The average Bonchev–Trinajstić information content (AvgIpc) is 2.35. The lowest BCUT2D eigenvalue weighted by Gasteiger charge is -2.15. The maximum Gasteiger partial charge on any atom is 0.123 e. The second-order valence-corrected chi connectivity index (χ2v) is 4.74. The van der Waals surface area contributed by atoms with Crippen LogP contribution in [0.25, 0.3) is 0 Å². The minimum atomic E-state index is -0.183. The van der Waals surface area contributed by atoms with Crippen molar-refractivity contribution in [3.05, 3.63) is 65.5 Å². The van der Waals surface area contributed by atoms with Gasteiger partial charge >= 0.3 is 0 Å². The molecule has 0 aromatic heterocycles. The smallest absolute Gasteiger partial charge is 0.123 e. The molecule has 1 atom stereocenters. The highest BCUT2D eigenvalue weighted by Gasteiger charge is 2.03. The number of halogens is 1. The summed E-state index contributed by atoms with van der Waals surface area (Å²) in [6.45, 7) is 4.20. The average molecular weight is 243 g/mol. The Hall–Kier alpha value is -1.83. The van der Waals surface area contributed by atoms with Gasteiger partial charge in [-0.05, 0) is 50.1 Å². The third-order valence-electron chi connectivity index (χ3n) is 2.92. The Balaban J connectivity index is 1.94. The summed E-state index contributed by atoms with van der Waals surface area (Å²) in [5, 5.41) is 3.44. The molecule has 0 spiro atoms. The van der Waals surface area contributed by atoms with Crippen LogP contribution in [0.5, 0.6) is 0 Å². The lowest BCUT2D eigenvalue weighted by atomic mass is 10.1. The van der Waals surface area contributed by atoms with E-state index >= 15 is 0 Å². The van der Waals surface area contributed by atoms with Crippen molar-refractivity contribution in [3.63, 3.8) is 0 Å². The molecule has 2 aromatic carbocycles. The van der Waals surface area contributed by atoms with E-state index in [1.165, 1.54) is 17.7 Å². The van der Waals surface area contributed by atoms with Gasteiger partial charge in [0.1, 0.15) is 5.82 Å². The molecule has 0 aliphatic carbocycles. The van der Waals surface area contributed by atoms with E-state index in [2.05, 4.69) is 43.4 Å². The first kappa shape index (κ1) is 12.6. The Morgan fingerprint density at radius 3 is 2.22 bits per heavy atom. The van der Waals surface area contributed by atoms with E-state index < -0.39 is 0 Å². The highest BCUT2D eigenvalue weighted by Crippen LogP contribution is 2.12. The van der Waals surface area contributed by atoms with Gasteiger partial charge < -0.3 is 5.32 Å². The van der Waals surface area contributed by atoms with Gasteiger partial charge in [0.05, 0.1) is 0 Å². The molecule has 0 amide bonds. The predicted molar refractivity (Wildman–Crippen MR) is 74.4 cm³/mol. The lowest BCUT2D eigenvalue weighted by Crippen LogP contribution is -2.17. The van der Waals surface area contributed by atoms with E-state index in [1.54, 1.807) is 0 Å². The molecule has 0 aliphatic rings. The van der Waals surface area contributed by atoms with E-state index in [-0.39, 0.29) is 5.82 Å². The van der Waals surface area contributed by atoms with Crippen molar-refractivity contribution in [2.45, 2.75) is 26.3 Å². The summed E-state index contributed by atoms with van der Waals surface area (Å²) in [6.07, 6.45) is 0.883. The third-order valence-corrected chi connectivity index (χ3v) is 2.92. The zero-order chi connectivity index (χ0) is 13.0. The molecule has 0 aliphatic heterocycles. The van der Waals surface area contributed by atoms with E-state index in [1.807, 2.05) is 12.1 Å². The molecule has 1 unspecified atom stereocenters. The lowest BCUT2D eigenvalue weighted by molar-refractivity contribution is 0.626. The molecule has 18 heavy (non-hydrogen) atoms. The van der Waals surface area contributed by atoms with Crippen molar-refractivity contribution in [3.8, 4) is 0 Å². The van der Waals surface area contributed by atoms with Gasteiger partial charge in [-0.25, -0.2) is 4.39 Å². The second kappa shape index (κ2) is 5.67. The van der Waals surface area contributed by atoms with Crippen LogP contribution in [-0.4, -0.2) is 6.04 Å². The number of rotatable bonds is 4. The second-order valence-electron chi connectivity index (χ2n) is 4.74. The van der Waals surface area contributed by atoms with E-state index in [4.69, 9.17) is 0 Å². The van der Waals surface area contributed by atoms with Crippen LogP contribution >= 0.6 is 0 Å². The van der Waals surface area contributed by atoms with E-state index in [9.17, 15) is 4.39 Å². The fourth-order valence-corrected chi connectivity index (χ4v) is 1.96. The molecule has 0 bridgehead atoms. The fourth-order valence-electron chi connectivity index (χ4n) is 1.96. The molecular weight excluding hydrogens is 225 g/mol. The quantitative estimate of drug-likeness (QED) is 0.849. The normalized spacial score (nSPS) is 12.2. The van der Waals surface area contributed by atoms with Crippen LogP contribution in [0.2, 0.25) is 0 Å². The Morgan fingerprint density at radius 2 is 1.61 bits per heavy atom. The molecule has 94 valence electrons. The van der Waals surface area contributed by atoms with Crippen molar-refractivity contribution >= 4 is 5.69 Å². The molecule has 2 aromatic rings. The SMILES string of the molecule is Cc1ccc(NC(C)Cc2ccc(F)cc2)cc1. The standard InChI is InChI=1S/C16H18FN/c1-12-3-9-16(10-4-12)18-13(2)11-14-5-7-15(17)8-6-14/h3-10,13,18H,11H2,1-2H3. The Kier molecular flexibility index (Phi) is 3.98. The van der Waals surface area contributed by atoms with Crippen LogP contribution in [0.15, 0.2) is 48.5 Å². The summed E-state index contributed by atoms with van der Waals surface area (Å²) in [4.78, 5) is 0. The van der Waals surface area contributed by atoms with Gasteiger partial charge in [0, 0.05) is 11.7 Å². The summed E-state index contributed by atoms with van der Waals surface area (Å²) in [7, 11) is 0. The number of benzene rings is 2. The predicted octanol–water partition coefficient (Wildman–Crippen LogP) is 4.18. The first-order valence-corrected chi connectivity index (χ1v) is 6.21.